The molecule has 0 spiro atoms. The van der Waals surface area contributed by atoms with Crippen LogP contribution in [0.2, 0.25) is 0 Å². The maximum atomic E-state index is 12.0. The molecule has 6 nitrogen and oxygen atoms in total. The summed E-state index contributed by atoms with van der Waals surface area (Å²) in [5.74, 6) is 0.753. The van der Waals surface area contributed by atoms with Crippen LogP contribution in [0, 0.1) is 0 Å². The Morgan fingerprint density at radius 1 is 1.00 bits per heavy atom. The van der Waals surface area contributed by atoms with Crippen LogP contribution in [0.4, 0.5) is 5.69 Å². The van der Waals surface area contributed by atoms with Crippen LogP contribution in [0.1, 0.15) is 11.1 Å². The smallest absolute Gasteiger partial charge is 0.328 e. The maximum Gasteiger partial charge on any atom is 0.328 e. The van der Waals surface area contributed by atoms with Crippen molar-refractivity contribution in [2.24, 2.45) is 0 Å². The van der Waals surface area contributed by atoms with Gasteiger partial charge in [-0.3, -0.25) is 14.3 Å². The predicted molar refractivity (Wildman–Crippen MR) is 97.2 cm³/mol. The van der Waals surface area contributed by atoms with Crippen molar-refractivity contribution in [2.75, 3.05) is 12.4 Å². The van der Waals surface area contributed by atoms with Gasteiger partial charge in [-0.15, -0.1) is 0 Å². The molecule has 0 aliphatic rings. The standard InChI is InChI=1S/C19H19N3O3/c1-25-16-9-7-15(8-10-16)12-22-13-17(18(23)21-19(22)24)20-11-14-5-3-2-4-6-14/h2-10,13,20H,11-12H2,1H3,(H,21,23,24). The van der Waals surface area contributed by atoms with E-state index in [0.717, 1.165) is 16.9 Å². The molecule has 3 aromatic rings. The third-order valence-electron chi connectivity index (χ3n) is 3.85. The molecule has 0 radical (unpaired) electrons. The number of methoxy groups -OCH3 is 1. The van der Waals surface area contributed by atoms with Crippen molar-refractivity contribution >= 4 is 5.69 Å². The first-order chi connectivity index (χ1) is 12.2. The summed E-state index contributed by atoms with van der Waals surface area (Å²) >= 11 is 0. The normalized spacial score (nSPS) is 10.4. The molecule has 1 heterocycles. The zero-order chi connectivity index (χ0) is 17.6. The molecule has 0 saturated heterocycles. The van der Waals surface area contributed by atoms with Gasteiger partial charge in [-0.2, -0.15) is 0 Å². The first-order valence-corrected chi connectivity index (χ1v) is 7.90. The van der Waals surface area contributed by atoms with Crippen LogP contribution in [0.15, 0.2) is 70.4 Å². The number of aromatic amines is 1. The molecule has 6 heteroatoms. The van der Waals surface area contributed by atoms with Crippen LogP contribution in [0.25, 0.3) is 0 Å². The Bertz CT molecular complexity index is 944. The first kappa shape index (κ1) is 16.6. The van der Waals surface area contributed by atoms with E-state index < -0.39 is 11.2 Å². The lowest BCUT2D eigenvalue weighted by Crippen LogP contribution is -2.31. The third-order valence-corrected chi connectivity index (χ3v) is 3.85. The van der Waals surface area contributed by atoms with E-state index in [4.69, 9.17) is 4.74 Å². The third kappa shape index (κ3) is 4.17. The fraction of sp³-hybridized carbons (Fsp3) is 0.158. The SMILES string of the molecule is COc1ccc(Cn2cc(NCc3ccccc3)c(=O)[nH]c2=O)cc1. The Labute approximate surface area is 144 Å². The number of hydrogen-bond donors (Lipinski definition) is 2. The Kier molecular flexibility index (Phi) is 4.99. The lowest BCUT2D eigenvalue weighted by atomic mass is 10.2. The minimum Gasteiger partial charge on any atom is -0.497 e. The minimum atomic E-state index is -0.439. The highest BCUT2D eigenvalue weighted by Crippen LogP contribution is 2.12. The van der Waals surface area contributed by atoms with Crippen molar-refractivity contribution < 1.29 is 4.74 Å². The number of benzene rings is 2. The monoisotopic (exact) mass is 337 g/mol. The van der Waals surface area contributed by atoms with Gasteiger partial charge in [0.05, 0.1) is 13.7 Å². The largest absolute Gasteiger partial charge is 0.497 e. The summed E-state index contributed by atoms with van der Waals surface area (Å²) in [7, 11) is 1.60. The number of rotatable bonds is 6. The number of nitrogens with zero attached hydrogens (tertiary/aromatic N) is 1. The van der Waals surface area contributed by atoms with Gasteiger partial charge in [-0.05, 0) is 23.3 Å². The molecular weight excluding hydrogens is 318 g/mol. The lowest BCUT2D eigenvalue weighted by molar-refractivity contribution is 0.414. The van der Waals surface area contributed by atoms with Crippen LogP contribution < -0.4 is 21.3 Å². The van der Waals surface area contributed by atoms with E-state index in [1.54, 1.807) is 13.3 Å². The average Bonchev–Trinajstić information content (AvgIpc) is 2.64. The molecule has 0 bridgehead atoms. The average molecular weight is 337 g/mol. The Balaban J connectivity index is 1.79. The van der Waals surface area contributed by atoms with E-state index in [-0.39, 0.29) is 0 Å². The number of aromatic nitrogens is 2. The van der Waals surface area contributed by atoms with Crippen molar-refractivity contribution in [3.63, 3.8) is 0 Å². The molecule has 0 fully saturated rings. The number of anilines is 1. The van der Waals surface area contributed by atoms with Crippen LogP contribution in [-0.2, 0) is 13.1 Å². The Morgan fingerprint density at radius 2 is 1.72 bits per heavy atom. The summed E-state index contributed by atoms with van der Waals surface area (Å²) in [4.78, 5) is 26.4. The maximum absolute atomic E-state index is 12.0. The van der Waals surface area contributed by atoms with Crippen molar-refractivity contribution in [3.05, 3.63) is 92.8 Å². The molecule has 0 aliphatic carbocycles. The second-order valence-electron chi connectivity index (χ2n) is 5.62. The van der Waals surface area contributed by atoms with E-state index in [1.807, 2.05) is 54.6 Å². The summed E-state index contributed by atoms with van der Waals surface area (Å²) in [6, 6.07) is 17.2. The highest BCUT2D eigenvalue weighted by atomic mass is 16.5. The van der Waals surface area contributed by atoms with E-state index in [9.17, 15) is 9.59 Å². The van der Waals surface area contributed by atoms with Gasteiger partial charge in [0.2, 0.25) is 0 Å². The van der Waals surface area contributed by atoms with Gasteiger partial charge in [0, 0.05) is 12.7 Å². The van der Waals surface area contributed by atoms with Gasteiger partial charge in [-0.1, -0.05) is 42.5 Å². The van der Waals surface area contributed by atoms with Crippen LogP contribution in [-0.4, -0.2) is 16.7 Å². The highest BCUT2D eigenvalue weighted by molar-refractivity contribution is 5.39. The van der Waals surface area contributed by atoms with Crippen LogP contribution >= 0.6 is 0 Å². The fourth-order valence-electron chi connectivity index (χ4n) is 2.47. The molecule has 0 amide bonds. The van der Waals surface area contributed by atoms with Gasteiger partial charge in [-0.25, -0.2) is 4.79 Å². The number of nitrogens with one attached hydrogen (secondary N) is 2. The molecule has 25 heavy (non-hydrogen) atoms. The summed E-state index contributed by atoms with van der Waals surface area (Å²) < 4.78 is 6.59. The highest BCUT2D eigenvalue weighted by Gasteiger charge is 2.06. The molecular formula is C19H19N3O3. The lowest BCUT2D eigenvalue weighted by Gasteiger charge is -2.10. The van der Waals surface area contributed by atoms with Crippen LogP contribution in [0.5, 0.6) is 5.75 Å². The van der Waals surface area contributed by atoms with Gasteiger partial charge < -0.3 is 10.1 Å². The molecule has 1 aromatic heterocycles. The van der Waals surface area contributed by atoms with Gasteiger partial charge >= 0.3 is 5.69 Å². The number of ether oxygens (including phenoxy) is 1. The summed E-state index contributed by atoms with van der Waals surface area (Å²) in [5, 5.41) is 3.08. The molecule has 0 aliphatic heterocycles. The molecule has 0 saturated carbocycles. The zero-order valence-electron chi connectivity index (χ0n) is 13.9. The molecule has 3 rings (SSSR count). The summed E-state index contributed by atoms with van der Waals surface area (Å²) in [6.45, 7) is 0.865. The van der Waals surface area contributed by atoms with E-state index in [0.29, 0.717) is 18.8 Å². The quantitative estimate of drug-likeness (QED) is 0.723. The Hall–Kier alpha value is -3.28. The zero-order valence-corrected chi connectivity index (χ0v) is 13.9. The van der Waals surface area contributed by atoms with Gasteiger partial charge in [0.1, 0.15) is 11.4 Å². The minimum absolute atomic E-state index is 0.358. The first-order valence-electron chi connectivity index (χ1n) is 7.90. The number of H-pyrrole nitrogens is 1. The van der Waals surface area contributed by atoms with Crippen LogP contribution in [0.3, 0.4) is 0 Å². The van der Waals surface area contributed by atoms with Gasteiger partial charge in [0.15, 0.2) is 0 Å². The topological polar surface area (TPSA) is 76.1 Å². The fourth-order valence-corrected chi connectivity index (χ4v) is 2.47. The van der Waals surface area contributed by atoms with Gasteiger partial charge in [0.25, 0.3) is 5.56 Å². The van der Waals surface area contributed by atoms with E-state index in [1.165, 1.54) is 4.57 Å². The molecule has 2 aromatic carbocycles. The molecule has 128 valence electrons. The summed E-state index contributed by atoms with van der Waals surface area (Å²) in [5.41, 5.74) is 1.48. The predicted octanol–water partition coefficient (Wildman–Crippen LogP) is 2.21. The van der Waals surface area contributed by atoms with E-state index >= 15 is 0 Å². The van der Waals surface area contributed by atoms with E-state index in [2.05, 4.69) is 10.3 Å². The molecule has 0 unspecified atom stereocenters. The van der Waals surface area contributed by atoms with Crippen molar-refractivity contribution in [1.82, 2.24) is 9.55 Å². The molecule has 0 atom stereocenters. The van der Waals surface area contributed by atoms with Crippen molar-refractivity contribution in [1.29, 1.82) is 0 Å². The van der Waals surface area contributed by atoms with Crippen molar-refractivity contribution in [3.8, 4) is 5.75 Å². The van der Waals surface area contributed by atoms with Crippen molar-refractivity contribution in [2.45, 2.75) is 13.1 Å². The second kappa shape index (κ2) is 7.53. The molecule has 2 N–H and O–H groups in total. The summed E-state index contributed by atoms with van der Waals surface area (Å²) in [6.07, 6.45) is 1.55. The Morgan fingerprint density at radius 3 is 2.40 bits per heavy atom. The second-order valence-corrected chi connectivity index (χ2v) is 5.62. The number of hydrogen-bond acceptors (Lipinski definition) is 4.